The number of amides is 2. The first-order valence-electron chi connectivity index (χ1n) is 10.3. The van der Waals surface area contributed by atoms with Crippen LogP contribution in [0.4, 0.5) is 10.1 Å². The molecule has 2 aromatic rings. The van der Waals surface area contributed by atoms with E-state index in [0.29, 0.717) is 42.4 Å². The lowest BCUT2D eigenvalue weighted by atomic mass is 10.0. The number of carbonyl (C=O) groups excluding carboxylic acids is 2. The lowest BCUT2D eigenvalue weighted by Crippen LogP contribution is -2.51. The topological polar surface area (TPSA) is 98.7 Å². The van der Waals surface area contributed by atoms with Crippen LogP contribution in [0.1, 0.15) is 11.1 Å². The molecule has 0 aliphatic heterocycles. The van der Waals surface area contributed by atoms with Gasteiger partial charge in [-0.05, 0) is 35.4 Å². The van der Waals surface area contributed by atoms with E-state index in [0.717, 1.165) is 5.69 Å². The molecule has 2 amide bonds. The van der Waals surface area contributed by atoms with E-state index in [9.17, 15) is 23.9 Å². The fraction of sp³-hybridized carbons (Fsp3) is 0.348. The van der Waals surface area contributed by atoms with Crippen LogP contribution < -0.4 is 15.5 Å². The first-order valence-corrected chi connectivity index (χ1v) is 11.4. The third-order valence-electron chi connectivity index (χ3n) is 4.98. The third-order valence-corrected chi connectivity index (χ3v) is 5.32. The van der Waals surface area contributed by atoms with E-state index >= 15 is 0 Å². The van der Waals surface area contributed by atoms with E-state index in [1.165, 1.54) is 24.3 Å². The molecule has 0 saturated carbocycles. The summed E-state index contributed by atoms with van der Waals surface area (Å²) in [5.74, 6) is -1.46. The molecule has 178 valence electrons. The number of nitrogens with one attached hydrogen (secondary N) is 2. The van der Waals surface area contributed by atoms with Gasteiger partial charge in [-0.1, -0.05) is 24.3 Å². The summed E-state index contributed by atoms with van der Waals surface area (Å²) in [6, 6.07) is 10.5. The van der Waals surface area contributed by atoms with Crippen molar-refractivity contribution < 1.29 is 23.9 Å². The second-order valence-electron chi connectivity index (χ2n) is 7.31. The molecule has 0 aliphatic rings. The van der Waals surface area contributed by atoms with Gasteiger partial charge in [-0.2, -0.15) is 0 Å². The lowest BCUT2D eigenvalue weighted by molar-refractivity contribution is -0.142. The third kappa shape index (κ3) is 8.55. The van der Waals surface area contributed by atoms with Gasteiger partial charge in [0.1, 0.15) is 17.9 Å². The first kappa shape index (κ1) is 26.4. The predicted molar refractivity (Wildman–Crippen MR) is 126 cm³/mol. The molecule has 2 rings (SSSR count). The van der Waals surface area contributed by atoms with Crippen LogP contribution in [-0.4, -0.2) is 60.3 Å². The molecule has 7 nitrogen and oxygen atoms in total. The molecule has 2 aromatic carbocycles. The van der Waals surface area contributed by atoms with Crippen molar-refractivity contribution in [1.82, 2.24) is 10.6 Å². The molecule has 0 saturated heterocycles. The molecule has 0 unspecified atom stereocenters. The van der Waals surface area contributed by atoms with Crippen LogP contribution in [0.5, 0.6) is 0 Å². The van der Waals surface area contributed by atoms with Gasteiger partial charge in [-0.15, -0.1) is 23.2 Å². The largest absolute Gasteiger partial charge is 0.480 e. The Morgan fingerprint density at radius 1 is 1.00 bits per heavy atom. The van der Waals surface area contributed by atoms with Crippen LogP contribution in [0.2, 0.25) is 0 Å². The Labute approximate surface area is 201 Å². The number of carboxylic acid groups (broad SMARTS) is 1. The zero-order valence-electron chi connectivity index (χ0n) is 17.8. The van der Waals surface area contributed by atoms with Crippen LogP contribution in [-0.2, 0) is 27.2 Å². The maximum atomic E-state index is 13.1. The van der Waals surface area contributed by atoms with Crippen LogP contribution in [0.3, 0.4) is 0 Å². The molecule has 0 spiro atoms. The number of halogens is 3. The summed E-state index contributed by atoms with van der Waals surface area (Å²) < 4.78 is 13.1. The number of hydrogen-bond acceptors (Lipinski definition) is 4. The first-order chi connectivity index (χ1) is 15.9. The molecule has 0 bridgehead atoms. The van der Waals surface area contributed by atoms with Crippen molar-refractivity contribution in [3.63, 3.8) is 0 Å². The van der Waals surface area contributed by atoms with Crippen molar-refractivity contribution in [2.45, 2.75) is 24.9 Å². The Hall–Kier alpha value is -2.84. The average Bonchev–Trinajstić information content (AvgIpc) is 2.79. The second kappa shape index (κ2) is 13.6. The van der Waals surface area contributed by atoms with Crippen molar-refractivity contribution in [3.8, 4) is 0 Å². The Balaban J connectivity index is 2.13. The Bertz CT molecular complexity index is 924. The van der Waals surface area contributed by atoms with Crippen LogP contribution in [0.15, 0.2) is 48.5 Å². The predicted octanol–water partition coefficient (Wildman–Crippen LogP) is 2.58. The minimum atomic E-state index is -1.22. The van der Waals surface area contributed by atoms with Crippen LogP contribution >= 0.6 is 23.2 Å². The molecular weight excluding hydrogens is 472 g/mol. The summed E-state index contributed by atoms with van der Waals surface area (Å²) in [7, 11) is 0. The Morgan fingerprint density at radius 3 is 2.21 bits per heavy atom. The molecule has 0 heterocycles. The molecule has 0 radical (unpaired) electrons. The van der Waals surface area contributed by atoms with Gasteiger partial charge in [-0.25, -0.2) is 9.18 Å². The molecular formula is C23H26Cl2FN3O4. The molecule has 10 heteroatoms. The van der Waals surface area contributed by atoms with E-state index in [2.05, 4.69) is 10.6 Å². The maximum Gasteiger partial charge on any atom is 0.326 e. The summed E-state index contributed by atoms with van der Waals surface area (Å²) in [6.45, 7) is 1.17. The molecule has 0 aliphatic carbocycles. The number of rotatable bonds is 14. The quantitative estimate of drug-likeness (QED) is 0.275. The zero-order valence-corrected chi connectivity index (χ0v) is 19.4. The number of carboxylic acids is 1. The van der Waals surface area contributed by atoms with E-state index in [1.807, 2.05) is 17.0 Å². The number of benzene rings is 2. The number of nitrogens with zero attached hydrogens (tertiary/aromatic N) is 1. The highest BCUT2D eigenvalue weighted by Gasteiger charge is 2.26. The number of alkyl halides is 2. The fourth-order valence-corrected chi connectivity index (χ4v) is 3.74. The SMILES string of the molecule is O=CN[C@@H](Cc1ccc(F)cc1)C(=O)N[C@@H](Cc1cccc(N(CCCl)CCCl)c1)C(=O)O. The van der Waals surface area contributed by atoms with Crippen molar-refractivity contribution in [2.75, 3.05) is 29.7 Å². The van der Waals surface area contributed by atoms with Gasteiger partial charge < -0.3 is 20.6 Å². The lowest BCUT2D eigenvalue weighted by Gasteiger charge is -2.24. The van der Waals surface area contributed by atoms with Crippen molar-refractivity contribution in [2.24, 2.45) is 0 Å². The maximum absolute atomic E-state index is 13.1. The summed E-state index contributed by atoms with van der Waals surface area (Å²) in [5.41, 5.74) is 2.16. The van der Waals surface area contributed by atoms with Crippen molar-refractivity contribution in [1.29, 1.82) is 0 Å². The van der Waals surface area contributed by atoms with Gasteiger partial charge in [0.15, 0.2) is 0 Å². The number of carbonyl (C=O) groups is 3. The summed E-state index contributed by atoms with van der Waals surface area (Å²) in [6.07, 6.45) is 0.489. The minimum Gasteiger partial charge on any atom is -0.480 e. The van der Waals surface area contributed by atoms with Crippen molar-refractivity contribution >= 4 is 47.2 Å². The molecule has 0 fully saturated rings. The number of hydrogen-bond donors (Lipinski definition) is 3. The Kier molecular flexibility index (Phi) is 10.9. The summed E-state index contributed by atoms with van der Waals surface area (Å²) in [4.78, 5) is 37.6. The van der Waals surface area contributed by atoms with Gasteiger partial charge in [0.25, 0.3) is 0 Å². The monoisotopic (exact) mass is 497 g/mol. The molecule has 3 N–H and O–H groups in total. The van der Waals surface area contributed by atoms with Crippen molar-refractivity contribution in [3.05, 3.63) is 65.5 Å². The Morgan fingerprint density at radius 2 is 1.64 bits per heavy atom. The molecule has 0 aromatic heterocycles. The smallest absolute Gasteiger partial charge is 0.326 e. The summed E-state index contributed by atoms with van der Waals surface area (Å²) >= 11 is 11.7. The van der Waals surface area contributed by atoms with E-state index in [1.54, 1.807) is 12.1 Å². The van der Waals surface area contributed by atoms with Gasteiger partial charge >= 0.3 is 5.97 Å². The van der Waals surface area contributed by atoms with E-state index in [4.69, 9.17) is 23.2 Å². The zero-order chi connectivity index (χ0) is 24.2. The van der Waals surface area contributed by atoms with Crippen LogP contribution in [0, 0.1) is 5.82 Å². The highest BCUT2D eigenvalue weighted by atomic mass is 35.5. The minimum absolute atomic E-state index is 0.0366. The van der Waals surface area contributed by atoms with E-state index in [-0.39, 0.29) is 12.8 Å². The fourth-order valence-electron chi connectivity index (χ4n) is 3.33. The van der Waals surface area contributed by atoms with Gasteiger partial charge in [0.05, 0.1) is 0 Å². The highest BCUT2D eigenvalue weighted by Crippen LogP contribution is 2.18. The second-order valence-corrected chi connectivity index (χ2v) is 8.06. The number of aliphatic carboxylic acids is 1. The van der Waals surface area contributed by atoms with E-state index < -0.39 is 29.8 Å². The number of anilines is 1. The standard InChI is InChI=1S/C23H26Cl2FN3O4/c24-8-10-29(11-9-25)19-3-1-2-17(12-19)14-21(23(32)33)28-22(31)20(27-15-30)13-16-4-6-18(26)7-5-16/h1-7,12,15,20-21H,8-11,13-14H2,(H,27,30)(H,28,31)(H,32,33)/t20-,21-/m0/s1. The van der Waals surface area contributed by atoms with Gasteiger partial charge in [0.2, 0.25) is 12.3 Å². The van der Waals surface area contributed by atoms with Crippen LogP contribution in [0.25, 0.3) is 0 Å². The molecule has 2 atom stereocenters. The highest BCUT2D eigenvalue weighted by molar-refractivity contribution is 6.18. The molecule has 33 heavy (non-hydrogen) atoms. The normalized spacial score (nSPS) is 12.5. The van der Waals surface area contributed by atoms with Gasteiger partial charge in [0, 0.05) is 43.4 Å². The average molecular weight is 498 g/mol. The van der Waals surface area contributed by atoms with Gasteiger partial charge in [-0.3, -0.25) is 9.59 Å². The summed E-state index contributed by atoms with van der Waals surface area (Å²) in [5, 5.41) is 14.6.